The van der Waals surface area contributed by atoms with Gasteiger partial charge in [-0.1, -0.05) is 12.1 Å². The van der Waals surface area contributed by atoms with E-state index in [0.717, 1.165) is 22.4 Å². The number of carbonyl (C=O) groups is 1. The van der Waals surface area contributed by atoms with Gasteiger partial charge in [0.05, 0.1) is 18.1 Å². The average molecular weight is 358 g/mol. The van der Waals surface area contributed by atoms with Crippen LogP contribution in [-0.4, -0.2) is 36.0 Å². The van der Waals surface area contributed by atoms with E-state index >= 15 is 0 Å². The average Bonchev–Trinajstić information content (AvgIpc) is 3.47. The molecule has 8 heteroatoms. The highest BCUT2D eigenvalue weighted by Crippen LogP contribution is 2.40. The molecule has 0 saturated heterocycles. The number of fused-ring (bicyclic) bond motifs is 1. The predicted octanol–water partition coefficient (Wildman–Crippen LogP) is 2.60. The maximum atomic E-state index is 13.1. The molecule has 1 aliphatic heterocycles. The van der Waals surface area contributed by atoms with Gasteiger partial charge in [0.15, 0.2) is 12.2 Å². The largest absolute Gasteiger partial charge is 0.446 e. The number of hydrogen-bond acceptors (Lipinski definition) is 6. The Balaban J connectivity index is 1.58. The highest BCUT2D eigenvalue weighted by Gasteiger charge is 2.37. The molecule has 4 heterocycles. The van der Waals surface area contributed by atoms with Gasteiger partial charge in [0.2, 0.25) is 0 Å². The summed E-state index contributed by atoms with van der Waals surface area (Å²) in [5, 5.41) is 6.97. The van der Waals surface area contributed by atoms with Crippen molar-refractivity contribution in [1.29, 1.82) is 0 Å². The molecule has 0 unspecified atom stereocenters. The number of aromatic amines is 1. The van der Waals surface area contributed by atoms with Gasteiger partial charge in [-0.05, 0) is 28.8 Å². The fraction of sp³-hybridized carbons (Fsp3) is 0.105. The zero-order valence-corrected chi connectivity index (χ0v) is 14.1. The van der Waals surface area contributed by atoms with E-state index in [0.29, 0.717) is 18.0 Å². The fourth-order valence-corrected chi connectivity index (χ4v) is 3.45. The Morgan fingerprint density at radius 2 is 2.11 bits per heavy atom. The summed E-state index contributed by atoms with van der Waals surface area (Å²) < 4.78 is 5.54. The lowest BCUT2D eigenvalue weighted by atomic mass is 9.99. The summed E-state index contributed by atoms with van der Waals surface area (Å²) in [5.74, 6) is 0.407. The van der Waals surface area contributed by atoms with Gasteiger partial charge in [-0.15, -0.1) is 0 Å². The van der Waals surface area contributed by atoms with Gasteiger partial charge >= 0.3 is 0 Å². The summed E-state index contributed by atoms with van der Waals surface area (Å²) >= 11 is 0. The van der Waals surface area contributed by atoms with E-state index < -0.39 is 0 Å². The van der Waals surface area contributed by atoms with Crippen LogP contribution in [-0.2, 0) is 6.54 Å². The van der Waals surface area contributed by atoms with E-state index in [4.69, 9.17) is 4.42 Å². The Morgan fingerprint density at radius 3 is 2.85 bits per heavy atom. The normalized spacial score (nSPS) is 15.7. The molecule has 5 rings (SSSR count). The lowest BCUT2D eigenvalue weighted by Gasteiger charge is -2.22. The number of nitrogens with zero attached hydrogens (tertiary/aromatic N) is 5. The molecule has 0 saturated carbocycles. The molecule has 3 aromatic heterocycles. The van der Waals surface area contributed by atoms with Crippen molar-refractivity contribution in [3.8, 4) is 11.3 Å². The molecule has 1 N–H and O–H groups in total. The smallest absolute Gasteiger partial charge is 0.275 e. The molecule has 1 aromatic carbocycles. The lowest BCUT2D eigenvalue weighted by Crippen LogP contribution is -2.30. The first-order valence-electron chi connectivity index (χ1n) is 8.39. The van der Waals surface area contributed by atoms with Gasteiger partial charge in [-0.25, -0.2) is 9.97 Å². The maximum absolute atomic E-state index is 13.1. The van der Waals surface area contributed by atoms with Crippen LogP contribution in [0.2, 0.25) is 0 Å². The summed E-state index contributed by atoms with van der Waals surface area (Å²) in [6.45, 7) is 0.443. The number of amides is 1. The second-order valence-corrected chi connectivity index (χ2v) is 6.21. The first-order chi connectivity index (χ1) is 13.3. The number of rotatable bonds is 3. The summed E-state index contributed by atoms with van der Waals surface area (Å²) in [7, 11) is 0. The van der Waals surface area contributed by atoms with Crippen LogP contribution in [0.1, 0.15) is 33.4 Å². The molecule has 132 valence electrons. The standard InChI is InChI=1S/C19H14N6O2/c26-19(16-8-20-5-6-22-16)25-10-13-7-12(15-3-4-23-24-15)1-2-14(13)18(25)17-9-21-11-27-17/h1-9,11,18H,10H2,(H,23,24)/t18-/m0/s1. The van der Waals surface area contributed by atoms with Crippen molar-refractivity contribution in [2.45, 2.75) is 12.6 Å². The van der Waals surface area contributed by atoms with E-state index in [1.807, 2.05) is 18.2 Å². The minimum absolute atomic E-state index is 0.205. The van der Waals surface area contributed by atoms with Crippen molar-refractivity contribution in [3.63, 3.8) is 0 Å². The monoisotopic (exact) mass is 358 g/mol. The van der Waals surface area contributed by atoms with Crippen LogP contribution in [0, 0.1) is 0 Å². The number of aromatic nitrogens is 5. The van der Waals surface area contributed by atoms with Crippen LogP contribution >= 0.6 is 0 Å². The zero-order chi connectivity index (χ0) is 18.2. The van der Waals surface area contributed by atoms with Crippen LogP contribution in [0.3, 0.4) is 0 Å². The molecular weight excluding hydrogens is 344 g/mol. The molecule has 4 aromatic rings. The van der Waals surface area contributed by atoms with Crippen LogP contribution < -0.4 is 0 Å². The van der Waals surface area contributed by atoms with Gasteiger partial charge < -0.3 is 9.32 Å². The van der Waals surface area contributed by atoms with Crippen molar-refractivity contribution in [3.05, 3.63) is 84.2 Å². The van der Waals surface area contributed by atoms with Gasteiger partial charge in [0, 0.05) is 25.1 Å². The summed E-state index contributed by atoms with van der Waals surface area (Å²) in [6.07, 6.45) is 9.25. The zero-order valence-electron chi connectivity index (χ0n) is 14.1. The number of carbonyl (C=O) groups excluding carboxylic acids is 1. The van der Waals surface area contributed by atoms with Gasteiger partial charge in [-0.2, -0.15) is 5.10 Å². The Hall–Kier alpha value is -3.81. The molecule has 0 fully saturated rings. The fourth-order valence-electron chi connectivity index (χ4n) is 3.45. The summed E-state index contributed by atoms with van der Waals surface area (Å²) in [5.41, 5.74) is 4.28. The van der Waals surface area contributed by atoms with Crippen molar-refractivity contribution >= 4 is 5.91 Å². The molecule has 8 nitrogen and oxygen atoms in total. The third kappa shape index (κ3) is 2.58. The van der Waals surface area contributed by atoms with E-state index in [-0.39, 0.29) is 11.9 Å². The number of H-pyrrole nitrogens is 1. The third-order valence-corrected chi connectivity index (χ3v) is 4.67. The minimum atomic E-state index is -0.354. The molecular formula is C19H14N6O2. The van der Waals surface area contributed by atoms with Crippen LogP contribution in [0.4, 0.5) is 0 Å². The molecule has 0 spiro atoms. The number of benzene rings is 1. The molecule has 1 atom stereocenters. The van der Waals surface area contributed by atoms with E-state index in [1.54, 1.807) is 23.5 Å². The first-order valence-corrected chi connectivity index (χ1v) is 8.39. The third-order valence-electron chi connectivity index (χ3n) is 4.67. The Morgan fingerprint density at radius 1 is 1.15 bits per heavy atom. The Kier molecular flexibility index (Phi) is 3.53. The first kappa shape index (κ1) is 15.4. The van der Waals surface area contributed by atoms with E-state index in [9.17, 15) is 4.79 Å². The highest BCUT2D eigenvalue weighted by molar-refractivity contribution is 5.93. The quantitative estimate of drug-likeness (QED) is 0.604. The molecule has 0 radical (unpaired) electrons. The van der Waals surface area contributed by atoms with Crippen molar-refractivity contribution in [2.24, 2.45) is 0 Å². The van der Waals surface area contributed by atoms with Crippen LogP contribution in [0.15, 0.2) is 66.1 Å². The van der Waals surface area contributed by atoms with E-state index in [2.05, 4.69) is 31.2 Å². The molecule has 0 bridgehead atoms. The van der Waals surface area contributed by atoms with Crippen LogP contribution in [0.25, 0.3) is 11.3 Å². The number of nitrogens with one attached hydrogen (secondary N) is 1. The van der Waals surface area contributed by atoms with Gasteiger partial charge in [0.25, 0.3) is 5.91 Å². The van der Waals surface area contributed by atoms with Gasteiger partial charge in [-0.3, -0.25) is 14.9 Å². The summed E-state index contributed by atoms with van der Waals surface area (Å²) in [4.78, 5) is 27.0. The predicted molar refractivity (Wildman–Crippen MR) is 94.3 cm³/mol. The van der Waals surface area contributed by atoms with Crippen molar-refractivity contribution in [2.75, 3.05) is 0 Å². The Labute approximate surface area is 153 Å². The minimum Gasteiger partial charge on any atom is -0.446 e. The van der Waals surface area contributed by atoms with Gasteiger partial charge in [0.1, 0.15) is 11.7 Å². The number of oxazole rings is 1. The van der Waals surface area contributed by atoms with Crippen molar-refractivity contribution < 1.29 is 9.21 Å². The van der Waals surface area contributed by atoms with Crippen LogP contribution in [0.5, 0.6) is 0 Å². The SMILES string of the molecule is O=C(c1cnccn1)N1Cc2cc(-c3ccn[nH]3)ccc2[C@H]1c1cnco1. The Bertz CT molecular complexity index is 1080. The summed E-state index contributed by atoms with van der Waals surface area (Å²) in [6, 6.07) is 7.64. The molecule has 1 amide bonds. The van der Waals surface area contributed by atoms with E-state index in [1.165, 1.54) is 18.8 Å². The topological polar surface area (TPSA) is 101 Å². The molecule has 27 heavy (non-hydrogen) atoms. The molecule has 1 aliphatic rings. The second-order valence-electron chi connectivity index (χ2n) is 6.21. The molecule has 0 aliphatic carbocycles. The lowest BCUT2D eigenvalue weighted by molar-refractivity contribution is 0.0697. The van der Waals surface area contributed by atoms with Crippen molar-refractivity contribution in [1.82, 2.24) is 30.0 Å². The number of hydrogen-bond donors (Lipinski definition) is 1. The second kappa shape index (κ2) is 6.17. The maximum Gasteiger partial charge on any atom is 0.275 e. The highest BCUT2D eigenvalue weighted by atomic mass is 16.3.